The summed E-state index contributed by atoms with van der Waals surface area (Å²) >= 11 is 0. The molecule has 1 fully saturated rings. The van der Waals surface area contributed by atoms with Gasteiger partial charge in [0.15, 0.2) is 6.29 Å². The van der Waals surface area contributed by atoms with E-state index < -0.39 is 41.2 Å². The molecule has 196 valence electrons. The average molecular weight is 526 g/mol. The highest BCUT2D eigenvalue weighted by molar-refractivity contribution is 5.99. The number of hydrogen-bond acceptors (Lipinski definition) is 5. The number of hydrogen-bond donors (Lipinski definition) is 2. The number of carbonyl (C=O) groups is 1. The maximum absolute atomic E-state index is 14.3. The monoisotopic (exact) mass is 525 g/mol. The molecule has 0 saturated heterocycles. The predicted octanol–water partition coefficient (Wildman–Crippen LogP) is 5.14. The molecule has 10 heteroatoms. The van der Waals surface area contributed by atoms with E-state index >= 15 is 0 Å². The number of fused-ring (bicyclic) bond motifs is 1. The molecule has 0 bridgehead atoms. The van der Waals surface area contributed by atoms with Gasteiger partial charge < -0.3 is 15.1 Å². The normalized spacial score (nSPS) is 18.6. The van der Waals surface area contributed by atoms with Crippen LogP contribution in [0.15, 0.2) is 54.7 Å². The topological polar surface area (TPSA) is 97.4 Å². The van der Waals surface area contributed by atoms with Gasteiger partial charge in [-0.1, -0.05) is 25.0 Å². The Hall–Kier alpha value is -3.81. The molecule has 2 heterocycles. The number of pyridine rings is 1. The largest absolute Gasteiger partial charge is 0.419 e. The fraction of sp³-hybridized carbons (Fsp3) is 0.321. The van der Waals surface area contributed by atoms with E-state index in [1.54, 1.807) is 30.3 Å². The van der Waals surface area contributed by atoms with Crippen LogP contribution in [0.25, 0.3) is 11.1 Å². The maximum Gasteiger partial charge on any atom is 0.419 e. The van der Waals surface area contributed by atoms with Crippen LogP contribution in [0.3, 0.4) is 0 Å². The number of rotatable bonds is 4. The minimum atomic E-state index is -4.85. The van der Waals surface area contributed by atoms with Crippen molar-refractivity contribution in [1.29, 1.82) is 5.26 Å². The number of alkyl halides is 3. The Bertz CT molecular complexity index is 1440. The van der Waals surface area contributed by atoms with E-state index in [4.69, 9.17) is 0 Å². The highest BCUT2D eigenvalue weighted by Gasteiger charge is 2.55. The van der Waals surface area contributed by atoms with Crippen molar-refractivity contribution in [2.75, 3.05) is 0 Å². The first-order chi connectivity index (χ1) is 18.1. The van der Waals surface area contributed by atoms with Crippen molar-refractivity contribution in [2.45, 2.75) is 56.2 Å². The summed E-state index contributed by atoms with van der Waals surface area (Å²) in [6.07, 6.45) is -2.95. The summed E-state index contributed by atoms with van der Waals surface area (Å²) < 4.78 is 53.6. The molecule has 1 amide bonds. The van der Waals surface area contributed by atoms with Crippen LogP contribution in [0.2, 0.25) is 0 Å². The Balaban J connectivity index is 1.62. The minimum Gasteiger partial charge on any atom is -0.368 e. The van der Waals surface area contributed by atoms with Crippen molar-refractivity contribution >= 4 is 5.91 Å². The van der Waals surface area contributed by atoms with Gasteiger partial charge in [0, 0.05) is 23.9 Å². The summed E-state index contributed by atoms with van der Waals surface area (Å²) in [5, 5.41) is 30.7. The van der Waals surface area contributed by atoms with E-state index in [9.17, 15) is 37.8 Å². The van der Waals surface area contributed by atoms with Crippen LogP contribution >= 0.6 is 0 Å². The van der Waals surface area contributed by atoms with Crippen LogP contribution in [-0.2, 0) is 12.7 Å². The van der Waals surface area contributed by atoms with Gasteiger partial charge in [-0.25, -0.2) is 9.37 Å². The summed E-state index contributed by atoms with van der Waals surface area (Å²) in [5.74, 6) is -2.80. The van der Waals surface area contributed by atoms with Gasteiger partial charge in [0.25, 0.3) is 5.91 Å². The number of carbonyl (C=O) groups excluding carboxylic acids is 1. The number of aliphatic hydroxyl groups is 2. The molecule has 0 radical (unpaired) electrons. The zero-order valence-corrected chi connectivity index (χ0v) is 20.0. The minimum absolute atomic E-state index is 0.162. The van der Waals surface area contributed by atoms with Crippen LogP contribution in [0, 0.1) is 17.1 Å². The van der Waals surface area contributed by atoms with E-state index in [-0.39, 0.29) is 23.4 Å². The molecule has 1 saturated carbocycles. The third kappa shape index (κ3) is 4.22. The second-order valence-electron chi connectivity index (χ2n) is 9.72. The SMILES string of the molecule is N#Cc1ncccc1-c1ccc2c(c1)C(C(O)O)C1(CCCC1)N(Cc1ccc(C(F)(F)F)c(F)c1)C2=O. The van der Waals surface area contributed by atoms with Crippen molar-refractivity contribution in [3.8, 4) is 17.2 Å². The van der Waals surface area contributed by atoms with E-state index in [0.717, 1.165) is 12.1 Å². The zero-order valence-electron chi connectivity index (χ0n) is 20.0. The molecule has 2 aliphatic rings. The van der Waals surface area contributed by atoms with E-state index in [2.05, 4.69) is 4.98 Å². The van der Waals surface area contributed by atoms with Gasteiger partial charge in [0.1, 0.15) is 17.6 Å². The van der Waals surface area contributed by atoms with Gasteiger partial charge in [0.2, 0.25) is 0 Å². The molecule has 1 aromatic heterocycles. The van der Waals surface area contributed by atoms with Crippen LogP contribution in [0.4, 0.5) is 17.6 Å². The molecule has 1 aliphatic heterocycles. The summed E-state index contributed by atoms with van der Waals surface area (Å²) in [5.41, 5.74) is -0.365. The summed E-state index contributed by atoms with van der Waals surface area (Å²) in [7, 11) is 0. The van der Waals surface area contributed by atoms with Gasteiger partial charge in [-0.05, 0) is 65.9 Å². The van der Waals surface area contributed by atoms with Crippen LogP contribution < -0.4 is 0 Å². The van der Waals surface area contributed by atoms with E-state index in [1.165, 1.54) is 11.1 Å². The number of amides is 1. The molecule has 1 unspecified atom stereocenters. The molecule has 6 nitrogen and oxygen atoms in total. The summed E-state index contributed by atoms with van der Waals surface area (Å²) in [6.45, 7) is -0.195. The lowest BCUT2D eigenvalue weighted by molar-refractivity contribution is -0.140. The van der Waals surface area contributed by atoms with Crippen molar-refractivity contribution in [1.82, 2.24) is 9.88 Å². The quantitative estimate of drug-likeness (QED) is 0.363. The number of halogens is 4. The van der Waals surface area contributed by atoms with Gasteiger partial charge in [0.05, 0.1) is 17.0 Å². The molecule has 2 N–H and O–H groups in total. The summed E-state index contributed by atoms with van der Waals surface area (Å²) in [6, 6.07) is 12.8. The second-order valence-corrected chi connectivity index (χ2v) is 9.72. The third-order valence-electron chi connectivity index (χ3n) is 7.65. The van der Waals surface area contributed by atoms with Crippen molar-refractivity contribution < 1.29 is 32.6 Å². The first-order valence-corrected chi connectivity index (χ1v) is 12.1. The summed E-state index contributed by atoms with van der Waals surface area (Å²) in [4.78, 5) is 19.4. The van der Waals surface area contributed by atoms with E-state index in [0.29, 0.717) is 48.4 Å². The van der Waals surface area contributed by atoms with Gasteiger partial charge in [-0.15, -0.1) is 0 Å². The lowest BCUT2D eigenvalue weighted by atomic mass is 9.70. The molecular weight excluding hydrogens is 502 g/mol. The molecule has 2 aromatic carbocycles. The predicted molar refractivity (Wildman–Crippen MR) is 128 cm³/mol. The third-order valence-corrected chi connectivity index (χ3v) is 7.65. The zero-order chi connectivity index (χ0) is 27.2. The Morgan fingerprint density at radius 2 is 1.84 bits per heavy atom. The lowest BCUT2D eigenvalue weighted by Gasteiger charge is -2.51. The van der Waals surface area contributed by atoms with Crippen molar-refractivity contribution in [3.63, 3.8) is 0 Å². The van der Waals surface area contributed by atoms with Crippen LogP contribution in [-0.4, -0.2) is 37.8 Å². The number of benzene rings is 2. The van der Waals surface area contributed by atoms with Gasteiger partial charge in [-0.3, -0.25) is 4.79 Å². The van der Waals surface area contributed by atoms with Crippen LogP contribution in [0.1, 0.15) is 64.3 Å². The number of nitrogens with zero attached hydrogens (tertiary/aromatic N) is 3. The molecule has 38 heavy (non-hydrogen) atoms. The average Bonchev–Trinajstić information content (AvgIpc) is 3.35. The molecular formula is C28H23F4N3O3. The lowest BCUT2D eigenvalue weighted by Crippen LogP contribution is -2.59. The van der Waals surface area contributed by atoms with Crippen molar-refractivity contribution in [3.05, 3.63) is 88.5 Å². The first-order valence-electron chi connectivity index (χ1n) is 12.1. The first kappa shape index (κ1) is 25.8. The Kier molecular flexibility index (Phi) is 6.45. The molecule has 5 rings (SSSR count). The molecule has 1 aliphatic carbocycles. The standard InChI is InChI=1S/C28H23F4N3O3/c29-22-12-16(5-8-21(22)28(30,31)32)15-35-25(36)19-7-6-17(18-4-3-11-34-23(18)14-33)13-20(19)24(26(37)38)27(35)9-1-2-10-27/h3-8,11-13,24,26,37-38H,1-2,9-10,15H2. The number of aromatic nitrogens is 1. The van der Waals surface area contributed by atoms with E-state index in [1.807, 2.05) is 6.07 Å². The van der Waals surface area contributed by atoms with Gasteiger partial charge >= 0.3 is 6.18 Å². The Morgan fingerprint density at radius 1 is 1.11 bits per heavy atom. The number of aliphatic hydroxyl groups excluding tert-OH is 1. The van der Waals surface area contributed by atoms with Gasteiger partial charge in [-0.2, -0.15) is 18.4 Å². The highest BCUT2D eigenvalue weighted by atomic mass is 19.4. The number of nitriles is 1. The van der Waals surface area contributed by atoms with Crippen molar-refractivity contribution in [2.24, 2.45) is 0 Å². The smallest absolute Gasteiger partial charge is 0.368 e. The Morgan fingerprint density at radius 3 is 2.47 bits per heavy atom. The highest BCUT2D eigenvalue weighted by Crippen LogP contribution is 2.52. The molecule has 1 atom stereocenters. The van der Waals surface area contributed by atoms with Crippen LogP contribution in [0.5, 0.6) is 0 Å². The fourth-order valence-corrected chi connectivity index (χ4v) is 6.02. The second kappa shape index (κ2) is 9.49. The fourth-order valence-electron chi connectivity index (χ4n) is 6.02. The molecule has 3 aromatic rings. The maximum atomic E-state index is 14.3. The molecule has 1 spiro atoms. The Labute approximate surface area is 215 Å².